The highest BCUT2D eigenvalue weighted by Crippen LogP contribution is 2.40. The number of alkyl halides is 2. The number of halogens is 2. The third-order valence-corrected chi connectivity index (χ3v) is 5.55. The number of likely N-dealkylation sites (N-methyl/N-ethyl adjacent to an activating group) is 1. The van der Waals surface area contributed by atoms with Crippen molar-refractivity contribution in [1.82, 2.24) is 15.3 Å². The van der Waals surface area contributed by atoms with Crippen LogP contribution >= 0.6 is 0 Å². The highest BCUT2D eigenvalue weighted by molar-refractivity contribution is 6.06. The molecule has 1 aliphatic rings. The molecule has 0 saturated carbocycles. The number of guanidine groups is 1. The van der Waals surface area contributed by atoms with E-state index < -0.39 is 30.0 Å². The Balaban J connectivity index is 1.81. The van der Waals surface area contributed by atoms with E-state index in [1.54, 1.807) is 29.3 Å². The van der Waals surface area contributed by atoms with Gasteiger partial charge in [-0.25, -0.2) is 13.8 Å². The van der Waals surface area contributed by atoms with Crippen LogP contribution in [0.2, 0.25) is 0 Å². The highest BCUT2D eigenvalue weighted by Gasteiger charge is 2.25. The lowest BCUT2D eigenvalue weighted by Crippen LogP contribution is -2.52. The van der Waals surface area contributed by atoms with Crippen molar-refractivity contribution in [3.63, 3.8) is 0 Å². The monoisotopic (exact) mass is 470 g/mol. The number of amides is 2. The molecule has 1 aliphatic heterocycles. The number of fused-ring (bicyclic) bond motifs is 1. The van der Waals surface area contributed by atoms with Crippen LogP contribution in [0.25, 0.3) is 22.1 Å². The molecule has 2 heterocycles. The summed E-state index contributed by atoms with van der Waals surface area (Å²) in [5.74, 6) is -2.31. The molecule has 3 aromatic rings. The number of furan rings is 1. The second-order valence-electron chi connectivity index (χ2n) is 8.01. The fourth-order valence-electron chi connectivity index (χ4n) is 3.85. The SMILES string of the molecule is CN1CCN(NC(=O)c2cc(C(=O)N=C(N)N)cc(-c3c(C(F)F)oc4ccccc34)c2)CC1. The predicted molar refractivity (Wildman–Crippen MR) is 123 cm³/mol. The summed E-state index contributed by atoms with van der Waals surface area (Å²) in [6.45, 7) is 2.77. The lowest BCUT2D eigenvalue weighted by Gasteiger charge is -2.32. The van der Waals surface area contributed by atoms with Gasteiger partial charge in [0.1, 0.15) is 5.58 Å². The Morgan fingerprint density at radius 2 is 1.74 bits per heavy atom. The Morgan fingerprint density at radius 1 is 1.06 bits per heavy atom. The van der Waals surface area contributed by atoms with Gasteiger partial charge in [0.15, 0.2) is 11.7 Å². The Labute approximate surface area is 194 Å². The number of nitrogens with zero attached hydrogens (tertiary/aromatic N) is 3. The summed E-state index contributed by atoms with van der Waals surface area (Å²) in [6, 6.07) is 10.7. The molecular formula is C23H24F2N6O3. The molecule has 2 amide bonds. The first-order valence-electron chi connectivity index (χ1n) is 10.6. The molecular weight excluding hydrogens is 446 g/mol. The largest absolute Gasteiger partial charge is 0.454 e. The molecule has 0 unspecified atom stereocenters. The summed E-state index contributed by atoms with van der Waals surface area (Å²) in [4.78, 5) is 31.3. The van der Waals surface area contributed by atoms with Gasteiger partial charge in [-0.2, -0.15) is 4.99 Å². The molecule has 5 N–H and O–H groups in total. The number of hydrogen-bond donors (Lipinski definition) is 3. The van der Waals surface area contributed by atoms with E-state index in [0.717, 1.165) is 13.1 Å². The van der Waals surface area contributed by atoms with Crippen molar-refractivity contribution < 1.29 is 22.8 Å². The zero-order valence-electron chi connectivity index (χ0n) is 18.4. The average Bonchev–Trinajstić information content (AvgIpc) is 3.20. The van der Waals surface area contributed by atoms with Crippen LogP contribution in [0, 0.1) is 0 Å². The van der Waals surface area contributed by atoms with Crippen LogP contribution in [0.15, 0.2) is 51.9 Å². The summed E-state index contributed by atoms with van der Waals surface area (Å²) in [6.07, 6.45) is -2.91. The van der Waals surface area contributed by atoms with Crippen LogP contribution in [0.3, 0.4) is 0 Å². The molecule has 9 nitrogen and oxygen atoms in total. The van der Waals surface area contributed by atoms with Gasteiger partial charge in [0, 0.05) is 48.3 Å². The number of hydrazine groups is 1. The Bertz CT molecular complexity index is 1260. The predicted octanol–water partition coefficient (Wildman–Crippen LogP) is 2.34. The minimum atomic E-state index is -2.91. The van der Waals surface area contributed by atoms with Gasteiger partial charge in [-0.15, -0.1) is 0 Å². The number of carbonyl (C=O) groups excluding carboxylic acids is 2. The summed E-state index contributed by atoms with van der Waals surface area (Å²) in [5, 5.41) is 2.19. The molecule has 1 fully saturated rings. The molecule has 1 aromatic heterocycles. The number of hydrogen-bond acceptors (Lipinski definition) is 5. The minimum Gasteiger partial charge on any atom is -0.454 e. The second-order valence-corrected chi connectivity index (χ2v) is 8.01. The molecule has 178 valence electrons. The molecule has 1 saturated heterocycles. The lowest BCUT2D eigenvalue weighted by molar-refractivity contribution is 0.0662. The number of nitrogens with two attached hydrogens (primary N) is 2. The molecule has 2 aromatic carbocycles. The first-order valence-corrected chi connectivity index (χ1v) is 10.6. The van der Waals surface area contributed by atoms with Gasteiger partial charge in [0.05, 0.1) is 0 Å². The second kappa shape index (κ2) is 9.57. The molecule has 0 spiro atoms. The number of nitrogens with one attached hydrogen (secondary N) is 1. The fourth-order valence-corrected chi connectivity index (χ4v) is 3.85. The standard InChI is InChI=1S/C23H24F2N6O3/c1-30-6-8-31(9-7-30)29-22(33)15-11-13(10-14(12-15)21(32)28-23(26)27)18-16-4-2-3-5-17(16)34-19(18)20(24)25/h2-5,10-12,20H,6-9H2,1H3,(H,29,33)(H4,26,27,28,32). The summed E-state index contributed by atoms with van der Waals surface area (Å²) < 4.78 is 33.1. The van der Waals surface area contributed by atoms with E-state index >= 15 is 0 Å². The maximum atomic E-state index is 13.9. The van der Waals surface area contributed by atoms with Crippen molar-refractivity contribution in [1.29, 1.82) is 0 Å². The molecule has 0 radical (unpaired) electrons. The Morgan fingerprint density at radius 3 is 2.41 bits per heavy atom. The van der Waals surface area contributed by atoms with Gasteiger partial charge in [0.2, 0.25) is 0 Å². The molecule has 0 atom stereocenters. The van der Waals surface area contributed by atoms with E-state index in [4.69, 9.17) is 15.9 Å². The van der Waals surface area contributed by atoms with E-state index in [1.807, 2.05) is 7.05 Å². The van der Waals surface area contributed by atoms with Crippen LogP contribution in [-0.4, -0.2) is 60.9 Å². The van der Waals surface area contributed by atoms with Crippen LogP contribution in [0.1, 0.15) is 32.9 Å². The molecule has 0 bridgehead atoms. The van der Waals surface area contributed by atoms with E-state index in [-0.39, 0.29) is 27.8 Å². The number of benzene rings is 2. The molecule has 4 rings (SSSR count). The number of piperazine rings is 1. The van der Waals surface area contributed by atoms with Crippen molar-refractivity contribution in [3.05, 3.63) is 59.4 Å². The van der Waals surface area contributed by atoms with Gasteiger partial charge < -0.3 is 20.8 Å². The number of aliphatic imine (C=N–C) groups is 1. The third kappa shape index (κ3) is 4.90. The third-order valence-electron chi connectivity index (χ3n) is 5.55. The van der Waals surface area contributed by atoms with Crippen molar-refractivity contribution >= 4 is 28.7 Å². The smallest absolute Gasteiger partial charge is 0.296 e. The van der Waals surface area contributed by atoms with Crippen molar-refractivity contribution in [3.8, 4) is 11.1 Å². The Kier molecular flexibility index (Phi) is 6.57. The lowest BCUT2D eigenvalue weighted by atomic mass is 9.96. The quantitative estimate of drug-likeness (QED) is 0.385. The topological polar surface area (TPSA) is 130 Å². The van der Waals surface area contributed by atoms with Crippen molar-refractivity contribution in [2.45, 2.75) is 6.43 Å². The summed E-state index contributed by atoms with van der Waals surface area (Å²) in [7, 11) is 1.99. The number of rotatable bonds is 5. The van der Waals surface area contributed by atoms with Gasteiger partial charge in [-0.3, -0.25) is 15.0 Å². The van der Waals surface area contributed by atoms with Gasteiger partial charge in [-0.05, 0) is 36.9 Å². The maximum absolute atomic E-state index is 13.9. The first-order chi connectivity index (χ1) is 16.2. The zero-order chi connectivity index (χ0) is 24.4. The average molecular weight is 470 g/mol. The van der Waals surface area contributed by atoms with Crippen molar-refractivity contribution in [2.24, 2.45) is 16.5 Å². The summed E-state index contributed by atoms with van der Waals surface area (Å²) in [5.41, 5.74) is 14.1. The maximum Gasteiger partial charge on any atom is 0.296 e. The van der Waals surface area contributed by atoms with Crippen LogP contribution in [0.5, 0.6) is 0 Å². The highest BCUT2D eigenvalue weighted by atomic mass is 19.3. The van der Waals surface area contributed by atoms with Crippen molar-refractivity contribution in [2.75, 3.05) is 33.2 Å². The molecule has 0 aliphatic carbocycles. The van der Waals surface area contributed by atoms with Crippen LogP contribution < -0.4 is 16.9 Å². The van der Waals surface area contributed by atoms with Gasteiger partial charge in [-0.1, -0.05) is 18.2 Å². The minimum absolute atomic E-state index is 0.0278. The first kappa shape index (κ1) is 23.3. The van der Waals surface area contributed by atoms with E-state index in [9.17, 15) is 18.4 Å². The molecule has 11 heteroatoms. The van der Waals surface area contributed by atoms with E-state index in [0.29, 0.717) is 18.5 Å². The molecule has 34 heavy (non-hydrogen) atoms. The number of para-hydroxylation sites is 1. The fraction of sp³-hybridized carbons (Fsp3) is 0.261. The van der Waals surface area contributed by atoms with Crippen LogP contribution in [0.4, 0.5) is 8.78 Å². The zero-order valence-corrected chi connectivity index (χ0v) is 18.4. The van der Waals surface area contributed by atoms with Gasteiger partial charge >= 0.3 is 0 Å². The number of carbonyl (C=O) groups is 2. The van der Waals surface area contributed by atoms with E-state index in [2.05, 4.69) is 15.3 Å². The van der Waals surface area contributed by atoms with E-state index in [1.165, 1.54) is 18.2 Å². The van der Waals surface area contributed by atoms with Gasteiger partial charge in [0.25, 0.3) is 18.2 Å². The normalized spacial score (nSPS) is 14.9. The summed E-state index contributed by atoms with van der Waals surface area (Å²) >= 11 is 0. The Hall–Kier alpha value is -3.83. The van der Waals surface area contributed by atoms with Crippen LogP contribution in [-0.2, 0) is 0 Å².